The van der Waals surface area contributed by atoms with Crippen LogP contribution in [0.15, 0.2) is 0 Å². The maximum atomic E-state index is 9.93. The molecule has 0 unspecified atom stereocenters. The largest absolute Gasteiger partial charge is 0.295 e. The van der Waals surface area contributed by atoms with Crippen molar-refractivity contribution in [2.45, 2.75) is 26.7 Å². The van der Waals surface area contributed by atoms with Gasteiger partial charge in [0.2, 0.25) is 0 Å². The van der Waals surface area contributed by atoms with Crippen LogP contribution in [-0.4, -0.2) is 4.92 Å². The third-order valence-electron chi connectivity index (χ3n) is 1.07. The molecule has 0 aliphatic rings. The minimum Gasteiger partial charge on any atom is -0.295 e. The van der Waals surface area contributed by atoms with E-state index in [2.05, 4.69) is 0 Å². The van der Waals surface area contributed by atoms with Crippen molar-refractivity contribution in [1.29, 1.82) is 0 Å². The zero-order valence-electron chi connectivity index (χ0n) is 5.18. The molecule has 3 nitrogen and oxygen atoms in total. The molecule has 0 aliphatic carbocycles. The average molecular weight is 116 g/mol. The summed E-state index contributed by atoms with van der Waals surface area (Å²) < 4.78 is 0. The van der Waals surface area contributed by atoms with Crippen LogP contribution in [0.4, 0.5) is 0 Å². The summed E-state index contributed by atoms with van der Waals surface area (Å²) in [7, 11) is 0. The summed E-state index contributed by atoms with van der Waals surface area (Å²) in [5, 5.41) is 9.93. The maximum Gasteiger partial charge on any atom is -0.0464 e. The highest BCUT2D eigenvalue weighted by molar-refractivity contribution is 4.70. The fraction of sp³-hybridized carbons (Fsp3) is 0.800. The third kappa shape index (κ3) is 1.82. The van der Waals surface area contributed by atoms with E-state index in [4.69, 9.17) is 0 Å². The number of nitrogens with zero attached hydrogens (tertiary/aromatic N) is 1. The van der Waals surface area contributed by atoms with Gasteiger partial charge in [-0.25, -0.2) is 0 Å². The van der Waals surface area contributed by atoms with Crippen LogP contribution in [-0.2, 0) is 0 Å². The second kappa shape index (κ2) is 3.29. The van der Waals surface area contributed by atoms with Gasteiger partial charge in [0.25, 0.3) is 0 Å². The highest BCUT2D eigenvalue weighted by atomic mass is 16.6. The summed E-state index contributed by atoms with van der Waals surface area (Å²) in [6.45, 7) is 3.59. The molecule has 0 N–H and O–H groups in total. The highest BCUT2D eigenvalue weighted by Crippen LogP contribution is 2.08. The van der Waals surface area contributed by atoms with E-state index in [0.717, 1.165) is 0 Å². The molecule has 0 spiro atoms. The number of rotatable bonds is 3. The van der Waals surface area contributed by atoms with Gasteiger partial charge in [-0.05, 0) is 6.04 Å². The molecule has 0 atom stereocenters. The van der Waals surface area contributed by atoms with Crippen LogP contribution >= 0.6 is 0 Å². The van der Waals surface area contributed by atoms with E-state index in [9.17, 15) is 10.1 Å². The molecule has 0 saturated carbocycles. The van der Waals surface area contributed by atoms with Crippen molar-refractivity contribution in [3.63, 3.8) is 0 Å². The summed E-state index contributed by atoms with van der Waals surface area (Å²) in [4.78, 5) is 9.62. The molecule has 8 heavy (non-hydrogen) atoms. The summed E-state index contributed by atoms with van der Waals surface area (Å²) >= 11 is 0. The van der Waals surface area contributed by atoms with Crippen LogP contribution in [0.25, 0.3) is 0 Å². The lowest BCUT2D eigenvalue weighted by molar-refractivity contribution is -0.469. The molecule has 3 heteroatoms. The zero-order valence-corrected chi connectivity index (χ0v) is 5.18. The zero-order chi connectivity index (χ0) is 6.57. The lowest BCUT2D eigenvalue weighted by Gasteiger charge is -2.15. The number of hydrogen-bond donors (Lipinski definition) is 0. The topological polar surface area (TPSA) is 43.1 Å². The fourth-order valence-electron chi connectivity index (χ4n) is 0.508. The molecule has 0 saturated heterocycles. The predicted molar refractivity (Wildman–Crippen MR) is 30.8 cm³/mol. The van der Waals surface area contributed by atoms with E-state index in [0.29, 0.717) is 18.9 Å². The smallest absolute Gasteiger partial charge is 0.0464 e. The Balaban J connectivity index is 3.52. The molecular formula is C5H10NO2-. The molecule has 0 fully saturated rings. The van der Waals surface area contributed by atoms with E-state index in [-0.39, 0.29) is 4.92 Å². The van der Waals surface area contributed by atoms with Crippen molar-refractivity contribution < 1.29 is 4.92 Å². The fourth-order valence-corrected chi connectivity index (χ4v) is 0.508. The van der Waals surface area contributed by atoms with Crippen LogP contribution in [0.2, 0.25) is 0 Å². The first-order valence-electron chi connectivity index (χ1n) is 2.71. The third-order valence-corrected chi connectivity index (χ3v) is 1.07. The van der Waals surface area contributed by atoms with Crippen molar-refractivity contribution >= 4 is 0 Å². The van der Waals surface area contributed by atoms with Crippen molar-refractivity contribution in [1.82, 2.24) is 0 Å². The Morgan fingerprint density at radius 3 is 1.88 bits per heavy atom. The van der Waals surface area contributed by atoms with E-state index in [1.165, 1.54) is 0 Å². The summed E-state index contributed by atoms with van der Waals surface area (Å²) in [6, 6.07) is 0.407. The quantitative estimate of drug-likeness (QED) is 0.319. The van der Waals surface area contributed by atoms with Gasteiger partial charge in [0.1, 0.15) is 0 Å². The van der Waals surface area contributed by atoms with Crippen molar-refractivity contribution in [3.05, 3.63) is 16.2 Å². The van der Waals surface area contributed by atoms with Gasteiger partial charge in [-0.15, -0.1) is 17.8 Å². The van der Waals surface area contributed by atoms with Crippen LogP contribution in [0.1, 0.15) is 26.7 Å². The lowest BCUT2D eigenvalue weighted by atomic mass is 10.2. The first-order chi connectivity index (χ1) is 3.72. The standard InChI is InChI=1S/C5H10NO2/c1-3-5(4-2)6(7)8/h3-4H2,1-2H3/q-1. The van der Waals surface area contributed by atoms with Crippen molar-refractivity contribution in [2.24, 2.45) is 0 Å². The Bertz CT molecular complexity index is 78.5. The normalized spacial score (nSPS) is 8.75. The summed E-state index contributed by atoms with van der Waals surface area (Å²) in [6.07, 6.45) is 1.12. The first kappa shape index (κ1) is 7.27. The maximum absolute atomic E-state index is 9.93. The van der Waals surface area contributed by atoms with Crippen molar-refractivity contribution in [3.8, 4) is 0 Å². The molecule has 0 aliphatic heterocycles. The molecule has 0 rings (SSSR count). The van der Waals surface area contributed by atoms with E-state index < -0.39 is 0 Å². The van der Waals surface area contributed by atoms with Crippen LogP contribution in [0, 0.1) is 16.2 Å². The SMILES string of the molecule is CC[C-](CC)[N+](=O)[O-]. The van der Waals surface area contributed by atoms with Crippen molar-refractivity contribution in [2.75, 3.05) is 0 Å². The van der Waals surface area contributed by atoms with Gasteiger partial charge in [0, 0.05) is 0 Å². The van der Waals surface area contributed by atoms with Gasteiger partial charge < -0.3 is 0 Å². The Morgan fingerprint density at radius 1 is 1.50 bits per heavy atom. The monoisotopic (exact) mass is 116 g/mol. The van der Waals surface area contributed by atoms with Gasteiger partial charge in [0.05, 0.1) is 0 Å². The Hall–Kier alpha value is -0.730. The number of nitro groups is 1. The van der Waals surface area contributed by atoms with Crippen LogP contribution in [0.5, 0.6) is 0 Å². The van der Waals surface area contributed by atoms with E-state index in [1.54, 1.807) is 13.8 Å². The molecule has 0 aromatic heterocycles. The second-order valence-corrected chi connectivity index (χ2v) is 1.53. The van der Waals surface area contributed by atoms with Crippen LogP contribution < -0.4 is 0 Å². The Morgan fingerprint density at radius 2 is 1.88 bits per heavy atom. The average Bonchev–Trinajstić information content (AvgIpc) is 1.69. The summed E-state index contributed by atoms with van der Waals surface area (Å²) in [5.74, 6) is 0. The summed E-state index contributed by atoms with van der Waals surface area (Å²) in [5.41, 5.74) is 0. The molecular weight excluding hydrogens is 106 g/mol. The molecule has 0 aromatic carbocycles. The molecule has 0 aromatic rings. The molecule has 0 heterocycles. The molecule has 0 amide bonds. The van der Waals surface area contributed by atoms with Gasteiger partial charge in [0.15, 0.2) is 0 Å². The van der Waals surface area contributed by atoms with Gasteiger partial charge in [-0.1, -0.05) is 13.8 Å². The highest BCUT2D eigenvalue weighted by Gasteiger charge is 1.95. The van der Waals surface area contributed by atoms with E-state index in [1.807, 2.05) is 0 Å². The minimum absolute atomic E-state index is 0.306. The Labute approximate surface area is 48.9 Å². The second-order valence-electron chi connectivity index (χ2n) is 1.53. The lowest BCUT2D eigenvalue weighted by Crippen LogP contribution is -2.06. The van der Waals surface area contributed by atoms with Gasteiger partial charge >= 0.3 is 0 Å². The number of hydrogen-bond acceptors (Lipinski definition) is 2. The predicted octanol–water partition coefficient (Wildman–Crippen LogP) is 1.62. The minimum atomic E-state index is -0.306. The van der Waals surface area contributed by atoms with Crippen LogP contribution in [0.3, 0.4) is 0 Å². The Kier molecular flexibility index (Phi) is 2.99. The van der Waals surface area contributed by atoms with Gasteiger partial charge in [-0.3, -0.25) is 10.1 Å². The molecule has 48 valence electrons. The molecule has 0 radical (unpaired) electrons. The molecule has 0 bridgehead atoms. The van der Waals surface area contributed by atoms with E-state index >= 15 is 0 Å². The first-order valence-corrected chi connectivity index (χ1v) is 2.71. The van der Waals surface area contributed by atoms with Gasteiger partial charge in [-0.2, -0.15) is 0 Å².